The van der Waals surface area contributed by atoms with E-state index < -0.39 is 0 Å². The van der Waals surface area contributed by atoms with Crippen molar-refractivity contribution in [3.8, 4) is 5.75 Å². The lowest BCUT2D eigenvalue weighted by atomic mass is 10.2. The number of benzene rings is 1. The number of pyridine rings is 1. The number of para-hydroxylation sites is 2. The molecule has 1 aliphatic heterocycles. The fraction of sp³-hybridized carbons (Fsp3) is 0.143. The molecule has 2 aromatic rings. The highest BCUT2D eigenvalue weighted by Gasteiger charge is 2.24. The van der Waals surface area contributed by atoms with Gasteiger partial charge in [0.25, 0.3) is 5.91 Å². The van der Waals surface area contributed by atoms with E-state index in [1.165, 1.54) is 0 Å². The Balaban J connectivity index is 1.97. The lowest BCUT2D eigenvalue weighted by Crippen LogP contribution is -2.38. The summed E-state index contributed by atoms with van der Waals surface area (Å²) in [6, 6.07) is 12.9. The average molecular weight is 240 g/mol. The molecule has 1 aromatic heterocycles. The third-order valence-corrected chi connectivity index (χ3v) is 2.86. The largest absolute Gasteiger partial charge is 0.490 e. The van der Waals surface area contributed by atoms with Gasteiger partial charge < -0.3 is 9.64 Å². The number of anilines is 1. The Bertz CT molecular complexity index is 569. The number of ether oxygens (including phenoxy) is 1. The minimum atomic E-state index is -0.0913. The number of carbonyl (C=O) groups is 1. The molecular formula is C14H12N2O2. The predicted molar refractivity (Wildman–Crippen MR) is 67.9 cm³/mol. The maximum absolute atomic E-state index is 12.4. The summed E-state index contributed by atoms with van der Waals surface area (Å²) in [6.45, 7) is 1.06. The average Bonchev–Trinajstić information content (AvgIpc) is 2.47. The molecule has 18 heavy (non-hydrogen) atoms. The van der Waals surface area contributed by atoms with Crippen molar-refractivity contribution >= 4 is 11.6 Å². The van der Waals surface area contributed by atoms with E-state index in [0.29, 0.717) is 18.8 Å². The lowest BCUT2D eigenvalue weighted by Gasteiger charge is -2.29. The molecule has 3 rings (SSSR count). The van der Waals surface area contributed by atoms with Crippen molar-refractivity contribution in [1.29, 1.82) is 0 Å². The van der Waals surface area contributed by atoms with E-state index in [1.54, 1.807) is 23.2 Å². The summed E-state index contributed by atoms with van der Waals surface area (Å²) in [4.78, 5) is 18.2. The fourth-order valence-electron chi connectivity index (χ4n) is 2.01. The molecule has 4 nitrogen and oxygen atoms in total. The Morgan fingerprint density at radius 1 is 1.17 bits per heavy atom. The molecule has 0 aliphatic carbocycles. The third kappa shape index (κ3) is 1.82. The first-order chi connectivity index (χ1) is 8.86. The zero-order valence-corrected chi connectivity index (χ0v) is 9.74. The van der Waals surface area contributed by atoms with Crippen LogP contribution in [0.2, 0.25) is 0 Å². The van der Waals surface area contributed by atoms with Gasteiger partial charge in [-0.1, -0.05) is 18.2 Å². The van der Waals surface area contributed by atoms with Crippen molar-refractivity contribution < 1.29 is 9.53 Å². The smallest absolute Gasteiger partial charge is 0.277 e. The van der Waals surface area contributed by atoms with Crippen LogP contribution < -0.4 is 9.64 Å². The van der Waals surface area contributed by atoms with Crippen LogP contribution in [0.1, 0.15) is 10.5 Å². The van der Waals surface area contributed by atoms with Crippen molar-refractivity contribution in [3.05, 3.63) is 54.4 Å². The zero-order valence-electron chi connectivity index (χ0n) is 9.74. The second kappa shape index (κ2) is 4.49. The minimum absolute atomic E-state index is 0.0913. The number of hydrogen-bond donors (Lipinski definition) is 0. The Kier molecular flexibility index (Phi) is 2.68. The molecule has 1 aliphatic rings. The van der Waals surface area contributed by atoms with E-state index in [1.807, 2.05) is 30.3 Å². The van der Waals surface area contributed by atoms with Gasteiger partial charge in [-0.25, -0.2) is 0 Å². The molecule has 1 aromatic carbocycles. The highest BCUT2D eigenvalue weighted by atomic mass is 16.5. The molecule has 0 saturated heterocycles. The minimum Gasteiger partial charge on any atom is -0.490 e. The Hall–Kier alpha value is -2.36. The molecule has 0 radical (unpaired) electrons. The number of nitrogens with zero attached hydrogens (tertiary/aromatic N) is 2. The second-order valence-electron chi connectivity index (χ2n) is 3.99. The molecule has 90 valence electrons. The summed E-state index contributed by atoms with van der Waals surface area (Å²) in [5.41, 5.74) is 1.26. The quantitative estimate of drug-likeness (QED) is 0.766. The first kappa shape index (κ1) is 10.8. The highest BCUT2D eigenvalue weighted by Crippen LogP contribution is 2.31. The van der Waals surface area contributed by atoms with Crippen LogP contribution >= 0.6 is 0 Å². The van der Waals surface area contributed by atoms with E-state index in [4.69, 9.17) is 4.74 Å². The van der Waals surface area contributed by atoms with Gasteiger partial charge in [0.05, 0.1) is 12.2 Å². The summed E-state index contributed by atoms with van der Waals surface area (Å²) >= 11 is 0. The van der Waals surface area contributed by atoms with Gasteiger partial charge in [0.15, 0.2) is 0 Å². The van der Waals surface area contributed by atoms with E-state index in [0.717, 1.165) is 11.4 Å². The van der Waals surface area contributed by atoms with Crippen LogP contribution in [-0.4, -0.2) is 24.0 Å². The SMILES string of the molecule is O=C(c1ccccn1)N1CCOc2ccccc21. The van der Waals surface area contributed by atoms with Crippen LogP contribution in [0.25, 0.3) is 0 Å². The van der Waals surface area contributed by atoms with Gasteiger partial charge >= 0.3 is 0 Å². The Labute approximate surface area is 105 Å². The number of rotatable bonds is 1. The Morgan fingerprint density at radius 3 is 2.83 bits per heavy atom. The van der Waals surface area contributed by atoms with E-state index >= 15 is 0 Å². The van der Waals surface area contributed by atoms with Crippen molar-refractivity contribution in [3.63, 3.8) is 0 Å². The molecule has 1 amide bonds. The predicted octanol–water partition coefficient (Wildman–Crippen LogP) is 2.12. The standard InChI is InChI=1S/C14H12N2O2/c17-14(11-5-3-4-8-15-11)16-9-10-18-13-7-2-1-6-12(13)16/h1-8H,9-10H2. The normalized spacial score (nSPS) is 13.7. The molecule has 0 bridgehead atoms. The van der Waals surface area contributed by atoms with Crippen LogP contribution in [-0.2, 0) is 0 Å². The van der Waals surface area contributed by atoms with Crippen molar-refractivity contribution in [1.82, 2.24) is 4.98 Å². The van der Waals surface area contributed by atoms with E-state index in [-0.39, 0.29) is 5.91 Å². The number of amides is 1. The summed E-state index contributed by atoms with van der Waals surface area (Å²) in [7, 11) is 0. The summed E-state index contributed by atoms with van der Waals surface area (Å²) in [6.07, 6.45) is 1.62. The molecule has 0 spiro atoms. The molecule has 4 heteroatoms. The van der Waals surface area contributed by atoms with Crippen LogP contribution in [0.4, 0.5) is 5.69 Å². The van der Waals surface area contributed by atoms with Gasteiger partial charge in [-0.05, 0) is 24.3 Å². The molecule has 0 fully saturated rings. The maximum Gasteiger partial charge on any atom is 0.277 e. The molecule has 0 saturated carbocycles. The van der Waals surface area contributed by atoms with Crippen LogP contribution in [0, 0.1) is 0 Å². The van der Waals surface area contributed by atoms with Crippen molar-refractivity contribution in [2.45, 2.75) is 0 Å². The Morgan fingerprint density at radius 2 is 2.00 bits per heavy atom. The summed E-state index contributed by atoms with van der Waals surface area (Å²) in [5, 5.41) is 0. The second-order valence-corrected chi connectivity index (χ2v) is 3.99. The molecule has 2 heterocycles. The number of hydrogen-bond acceptors (Lipinski definition) is 3. The van der Waals surface area contributed by atoms with Gasteiger partial charge in [0.2, 0.25) is 0 Å². The molecule has 0 atom stereocenters. The van der Waals surface area contributed by atoms with Gasteiger partial charge in [-0.15, -0.1) is 0 Å². The van der Waals surface area contributed by atoms with Gasteiger partial charge in [0, 0.05) is 6.20 Å². The van der Waals surface area contributed by atoms with Crippen LogP contribution in [0.5, 0.6) is 5.75 Å². The monoisotopic (exact) mass is 240 g/mol. The van der Waals surface area contributed by atoms with E-state index in [2.05, 4.69) is 4.98 Å². The van der Waals surface area contributed by atoms with Gasteiger partial charge in [-0.3, -0.25) is 9.78 Å². The highest BCUT2D eigenvalue weighted by molar-refractivity contribution is 6.05. The first-order valence-electron chi connectivity index (χ1n) is 5.81. The van der Waals surface area contributed by atoms with Crippen molar-refractivity contribution in [2.75, 3.05) is 18.1 Å². The van der Waals surface area contributed by atoms with E-state index in [9.17, 15) is 4.79 Å². The van der Waals surface area contributed by atoms with Crippen molar-refractivity contribution in [2.24, 2.45) is 0 Å². The molecule has 0 N–H and O–H groups in total. The maximum atomic E-state index is 12.4. The lowest BCUT2D eigenvalue weighted by molar-refractivity contribution is 0.0972. The van der Waals surface area contributed by atoms with Gasteiger partial charge in [-0.2, -0.15) is 0 Å². The number of carbonyl (C=O) groups excluding carboxylic acids is 1. The van der Waals surface area contributed by atoms with Gasteiger partial charge in [0.1, 0.15) is 18.1 Å². The number of aromatic nitrogens is 1. The zero-order chi connectivity index (χ0) is 12.4. The summed E-state index contributed by atoms with van der Waals surface area (Å²) in [5.74, 6) is 0.652. The summed E-state index contributed by atoms with van der Waals surface area (Å²) < 4.78 is 5.53. The molecular weight excluding hydrogens is 228 g/mol. The fourth-order valence-corrected chi connectivity index (χ4v) is 2.01. The number of fused-ring (bicyclic) bond motifs is 1. The van der Waals surface area contributed by atoms with Crippen LogP contribution in [0.15, 0.2) is 48.7 Å². The topological polar surface area (TPSA) is 42.4 Å². The molecule has 0 unspecified atom stereocenters. The third-order valence-electron chi connectivity index (χ3n) is 2.86. The first-order valence-corrected chi connectivity index (χ1v) is 5.81. The van der Waals surface area contributed by atoms with Crippen LogP contribution in [0.3, 0.4) is 0 Å².